The fourth-order valence-corrected chi connectivity index (χ4v) is 3.20. The van der Waals surface area contributed by atoms with Crippen LogP contribution in [0.5, 0.6) is 0 Å². The van der Waals surface area contributed by atoms with Gasteiger partial charge in [0.2, 0.25) is 0 Å². The quantitative estimate of drug-likeness (QED) is 0.488. The SMILES string of the molecule is Cc1cc(/C=N\NC(=O)c2ccccc2Cl)c(C)n1-c1cccc(Cl)c1. The van der Waals surface area contributed by atoms with Crippen LogP contribution in [0.15, 0.2) is 59.7 Å². The van der Waals surface area contributed by atoms with E-state index in [1.807, 2.05) is 44.2 Å². The molecule has 3 aromatic rings. The van der Waals surface area contributed by atoms with Crippen LogP contribution in [-0.2, 0) is 0 Å². The molecule has 26 heavy (non-hydrogen) atoms. The zero-order valence-electron chi connectivity index (χ0n) is 14.3. The first-order chi connectivity index (χ1) is 12.5. The Morgan fingerprint density at radius 2 is 1.85 bits per heavy atom. The molecule has 3 rings (SSSR count). The molecule has 0 aliphatic carbocycles. The largest absolute Gasteiger partial charge is 0.318 e. The molecule has 1 amide bonds. The minimum Gasteiger partial charge on any atom is -0.318 e. The number of carbonyl (C=O) groups excluding carboxylic acids is 1. The zero-order chi connectivity index (χ0) is 18.7. The second-order valence-corrected chi connectivity index (χ2v) is 6.66. The molecule has 132 valence electrons. The van der Waals surface area contributed by atoms with Gasteiger partial charge in [-0.3, -0.25) is 4.79 Å². The lowest BCUT2D eigenvalue weighted by Gasteiger charge is -2.09. The Morgan fingerprint density at radius 1 is 1.08 bits per heavy atom. The maximum Gasteiger partial charge on any atom is 0.272 e. The average molecular weight is 386 g/mol. The van der Waals surface area contributed by atoms with Crippen molar-refractivity contribution in [2.45, 2.75) is 13.8 Å². The summed E-state index contributed by atoms with van der Waals surface area (Å²) in [4.78, 5) is 12.1. The van der Waals surface area contributed by atoms with E-state index < -0.39 is 0 Å². The summed E-state index contributed by atoms with van der Waals surface area (Å²) in [5, 5.41) is 5.13. The summed E-state index contributed by atoms with van der Waals surface area (Å²) in [6.45, 7) is 4.00. The van der Waals surface area contributed by atoms with Crippen LogP contribution in [0.2, 0.25) is 10.0 Å². The van der Waals surface area contributed by atoms with Crippen LogP contribution in [0, 0.1) is 13.8 Å². The van der Waals surface area contributed by atoms with E-state index >= 15 is 0 Å². The minimum atomic E-state index is -0.351. The minimum absolute atomic E-state index is 0.351. The van der Waals surface area contributed by atoms with Gasteiger partial charge in [0.1, 0.15) is 0 Å². The lowest BCUT2D eigenvalue weighted by Crippen LogP contribution is -2.18. The molecule has 4 nitrogen and oxygen atoms in total. The predicted octanol–water partition coefficient (Wildman–Crippen LogP) is 5.16. The van der Waals surface area contributed by atoms with Crippen molar-refractivity contribution in [2.24, 2.45) is 5.10 Å². The van der Waals surface area contributed by atoms with Gasteiger partial charge in [-0.2, -0.15) is 5.10 Å². The third-order valence-electron chi connectivity index (χ3n) is 4.02. The van der Waals surface area contributed by atoms with Crippen LogP contribution in [0.3, 0.4) is 0 Å². The number of benzene rings is 2. The maximum atomic E-state index is 12.1. The van der Waals surface area contributed by atoms with Crippen molar-refractivity contribution in [2.75, 3.05) is 0 Å². The third kappa shape index (κ3) is 3.82. The molecule has 0 saturated carbocycles. The van der Waals surface area contributed by atoms with Crippen LogP contribution in [0.4, 0.5) is 0 Å². The normalized spacial score (nSPS) is 11.1. The molecular formula is C20H17Cl2N3O. The summed E-state index contributed by atoms with van der Waals surface area (Å²) in [7, 11) is 0. The summed E-state index contributed by atoms with van der Waals surface area (Å²) >= 11 is 12.1. The fourth-order valence-electron chi connectivity index (χ4n) is 2.80. The highest BCUT2D eigenvalue weighted by molar-refractivity contribution is 6.33. The van der Waals surface area contributed by atoms with Gasteiger partial charge in [-0.15, -0.1) is 0 Å². The molecule has 6 heteroatoms. The summed E-state index contributed by atoms with van der Waals surface area (Å²) in [6.07, 6.45) is 1.62. The van der Waals surface area contributed by atoms with E-state index in [-0.39, 0.29) is 5.91 Å². The number of hydrazone groups is 1. The van der Waals surface area contributed by atoms with E-state index in [2.05, 4.69) is 15.1 Å². The van der Waals surface area contributed by atoms with Gasteiger partial charge in [0.15, 0.2) is 0 Å². The first-order valence-electron chi connectivity index (χ1n) is 8.00. The molecular weight excluding hydrogens is 369 g/mol. The Bertz CT molecular complexity index is 992. The first-order valence-corrected chi connectivity index (χ1v) is 8.76. The Morgan fingerprint density at radius 3 is 2.58 bits per heavy atom. The average Bonchev–Trinajstić information content (AvgIpc) is 2.89. The van der Waals surface area contributed by atoms with E-state index in [0.717, 1.165) is 22.6 Å². The van der Waals surface area contributed by atoms with Crippen LogP contribution < -0.4 is 5.43 Å². The first kappa shape index (κ1) is 18.2. The van der Waals surface area contributed by atoms with Crippen molar-refractivity contribution >= 4 is 35.3 Å². The monoisotopic (exact) mass is 385 g/mol. The number of hydrogen-bond acceptors (Lipinski definition) is 2. The second kappa shape index (κ2) is 7.77. The van der Waals surface area contributed by atoms with Crippen molar-refractivity contribution in [1.82, 2.24) is 9.99 Å². The molecule has 0 atom stereocenters. The van der Waals surface area contributed by atoms with Crippen LogP contribution in [0.1, 0.15) is 27.3 Å². The smallest absolute Gasteiger partial charge is 0.272 e. The zero-order valence-corrected chi connectivity index (χ0v) is 15.8. The van der Waals surface area contributed by atoms with E-state index in [0.29, 0.717) is 15.6 Å². The van der Waals surface area contributed by atoms with Gasteiger partial charge in [0, 0.05) is 27.7 Å². The van der Waals surface area contributed by atoms with Gasteiger partial charge < -0.3 is 4.57 Å². The van der Waals surface area contributed by atoms with Crippen molar-refractivity contribution in [3.8, 4) is 5.69 Å². The van der Waals surface area contributed by atoms with E-state index in [4.69, 9.17) is 23.2 Å². The fraction of sp³-hybridized carbons (Fsp3) is 0.100. The van der Waals surface area contributed by atoms with Crippen molar-refractivity contribution in [1.29, 1.82) is 0 Å². The molecule has 0 fully saturated rings. The number of nitrogens with one attached hydrogen (secondary N) is 1. The molecule has 1 aromatic heterocycles. The highest BCUT2D eigenvalue weighted by Gasteiger charge is 2.11. The summed E-state index contributed by atoms with van der Waals surface area (Å²) in [5.41, 5.74) is 6.82. The summed E-state index contributed by atoms with van der Waals surface area (Å²) in [5.74, 6) is -0.351. The number of aryl methyl sites for hydroxylation is 1. The van der Waals surface area contributed by atoms with Gasteiger partial charge in [-0.05, 0) is 50.2 Å². The highest BCUT2D eigenvalue weighted by atomic mass is 35.5. The summed E-state index contributed by atoms with van der Waals surface area (Å²) in [6, 6.07) is 16.5. The van der Waals surface area contributed by atoms with Crippen molar-refractivity contribution in [3.05, 3.63) is 87.2 Å². The second-order valence-electron chi connectivity index (χ2n) is 5.82. The molecule has 0 aliphatic heterocycles. The van der Waals surface area contributed by atoms with Gasteiger partial charge in [0.05, 0.1) is 16.8 Å². The van der Waals surface area contributed by atoms with Gasteiger partial charge in [-0.25, -0.2) is 5.43 Å². The Kier molecular flexibility index (Phi) is 5.45. The number of rotatable bonds is 4. The number of carbonyl (C=O) groups is 1. The van der Waals surface area contributed by atoms with E-state index in [9.17, 15) is 4.79 Å². The molecule has 0 radical (unpaired) electrons. The molecule has 0 spiro atoms. The van der Waals surface area contributed by atoms with Gasteiger partial charge >= 0.3 is 0 Å². The van der Waals surface area contributed by atoms with Crippen molar-refractivity contribution in [3.63, 3.8) is 0 Å². The highest BCUT2D eigenvalue weighted by Crippen LogP contribution is 2.22. The standard InChI is InChI=1S/C20H17Cl2N3O/c1-13-10-15(14(2)25(13)17-7-5-6-16(21)11-17)12-23-24-20(26)18-8-3-4-9-19(18)22/h3-12H,1-2H3,(H,24,26)/b23-12-. The molecule has 0 saturated heterocycles. The Labute approximate surface area is 162 Å². The van der Waals surface area contributed by atoms with Crippen LogP contribution in [0.25, 0.3) is 5.69 Å². The third-order valence-corrected chi connectivity index (χ3v) is 4.59. The number of hydrogen-bond donors (Lipinski definition) is 1. The lowest BCUT2D eigenvalue weighted by atomic mass is 10.2. The predicted molar refractivity (Wildman–Crippen MR) is 107 cm³/mol. The van der Waals surface area contributed by atoms with Gasteiger partial charge in [0.25, 0.3) is 5.91 Å². The maximum absolute atomic E-state index is 12.1. The van der Waals surface area contributed by atoms with E-state index in [1.54, 1.807) is 30.5 Å². The number of nitrogens with zero attached hydrogens (tertiary/aromatic N) is 2. The topological polar surface area (TPSA) is 46.4 Å². The molecule has 1 heterocycles. The number of amides is 1. The molecule has 1 N–H and O–H groups in total. The van der Waals surface area contributed by atoms with Crippen LogP contribution in [-0.4, -0.2) is 16.7 Å². The Hall–Kier alpha value is -2.56. The van der Waals surface area contributed by atoms with Gasteiger partial charge in [-0.1, -0.05) is 41.4 Å². The molecule has 0 aliphatic rings. The van der Waals surface area contributed by atoms with Crippen molar-refractivity contribution < 1.29 is 4.79 Å². The number of aromatic nitrogens is 1. The molecule has 0 bridgehead atoms. The van der Waals surface area contributed by atoms with Crippen LogP contribution >= 0.6 is 23.2 Å². The molecule has 2 aromatic carbocycles. The molecule has 0 unspecified atom stereocenters. The lowest BCUT2D eigenvalue weighted by molar-refractivity contribution is 0.0955. The Balaban J connectivity index is 1.81. The summed E-state index contributed by atoms with van der Waals surface area (Å²) < 4.78 is 2.09. The van der Waals surface area contributed by atoms with E-state index in [1.165, 1.54) is 0 Å². The number of halogens is 2.